The summed E-state index contributed by atoms with van der Waals surface area (Å²) in [5.74, 6) is -0.346. The van der Waals surface area contributed by atoms with Gasteiger partial charge < -0.3 is 10.0 Å². The van der Waals surface area contributed by atoms with E-state index in [0.29, 0.717) is 13.0 Å². The SMILES string of the molecule is Cc1ccc(C)c(CC(=O)N(CCO)Cc2ccc(F)cc2)c1. The highest BCUT2D eigenvalue weighted by molar-refractivity contribution is 5.79. The van der Waals surface area contributed by atoms with E-state index in [4.69, 9.17) is 0 Å². The predicted molar refractivity (Wildman–Crippen MR) is 88.5 cm³/mol. The lowest BCUT2D eigenvalue weighted by atomic mass is 10.0. The van der Waals surface area contributed by atoms with Gasteiger partial charge in [-0.2, -0.15) is 0 Å². The Hall–Kier alpha value is -2.20. The van der Waals surface area contributed by atoms with Gasteiger partial charge in [-0.25, -0.2) is 4.39 Å². The normalized spacial score (nSPS) is 10.6. The number of carbonyl (C=O) groups is 1. The fourth-order valence-corrected chi connectivity index (χ4v) is 2.49. The predicted octanol–water partition coefficient (Wildman–Crippen LogP) is 3.01. The molecule has 0 aliphatic carbocycles. The highest BCUT2D eigenvalue weighted by atomic mass is 19.1. The minimum Gasteiger partial charge on any atom is -0.395 e. The molecule has 23 heavy (non-hydrogen) atoms. The summed E-state index contributed by atoms with van der Waals surface area (Å²) in [6.45, 7) is 4.52. The summed E-state index contributed by atoms with van der Waals surface area (Å²) in [5.41, 5.74) is 4.03. The lowest BCUT2D eigenvalue weighted by Crippen LogP contribution is -2.34. The average molecular weight is 315 g/mol. The van der Waals surface area contributed by atoms with E-state index in [9.17, 15) is 14.3 Å². The zero-order valence-corrected chi connectivity index (χ0v) is 13.6. The Balaban J connectivity index is 2.11. The van der Waals surface area contributed by atoms with Crippen LogP contribution >= 0.6 is 0 Å². The van der Waals surface area contributed by atoms with Crippen molar-refractivity contribution in [2.75, 3.05) is 13.2 Å². The zero-order chi connectivity index (χ0) is 16.8. The Morgan fingerprint density at radius 3 is 2.48 bits per heavy atom. The maximum Gasteiger partial charge on any atom is 0.227 e. The summed E-state index contributed by atoms with van der Waals surface area (Å²) in [4.78, 5) is 14.2. The molecule has 0 bridgehead atoms. The second kappa shape index (κ2) is 7.88. The Morgan fingerprint density at radius 1 is 1.13 bits per heavy atom. The van der Waals surface area contributed by atoms with Crippen LogP contribution in [0.3, 0.4) is 0 Å². The molecule has 0 atom stereocenters. The Labute approximate surface area is 136 Å². The van der Waals surface area contributed by atoms with Crippen LogP contribution in [0.25, 0.3) is 0 Å². The molecule has 0 saturated carbocycles. The van der Waals surface area contributed by atoms with E-state index in [2.05, 4.69) is 0 Å². The van der Waals surface area contributed by atoms with E-state index in [1.807, 2.05) is 32.0 Å². The van der Waals surface area contributed by atoms with E-state index in [1.54, 1.807) is 17.0 Å². The molecule has 0 aromatic heterocycles. The molecule has 1 amide bonds. The van der Waals surface area contributed by atoms with Crippen LogP contribution in [0.4, 0.5) is 4.39 Å². The Kier molecular flexibility index (Phi) is 5.88. The smallest absolute Gasteiger partial charge is 0.227 e. The monoisotopic (exact) mass is 315 g/mol. The molecule has 0 fully saturated rings. The summed E-state index contributed by atoms with van der Waals surface area (Å²) in [6, 6.07) is 12.1. The molecule has 122 valence electrons. The first-order valence-electron chi connectivity index (χ1n) is 7.69. The van der Waals surface area contributed by atoms with Gasteiger partial charge in [0.1, 0.15) is 5.82 Å². The molecule has 1 N–H and O–H groups in total. The third-order valence-corrected chi connectivity index (χ3v) is 3.86. The van der Waals surface area contributed by atoms with Gasteiger partial charge in [0.25, 0.3) is 0 Å². The maximum atomic E-state index is 13.0. The van der Waals surface area contributed by atoms with Gasteiger partial charge in [-0.1, -0.05) is 35.9 Å². The number of hydrogen-bond acceptors (Lipinski definition) is 2. The molecule has 2 rings (SSSR count). The van der Waals surface area contributed by atoms with Gasteiger partial charge in [0, 0.05) is 13.1 Å². The molecule has 0 aliphatic heterocycles. The van der Waals surface area contributed by atoms with Crippen LogP contribution in [0.15, 0.2) is 42.5 Å². The molecule has 0 unspecified atom stereocenters. The topological polar surface area (TPSA) is 40.5 Å². The number of benzene rings is 2. The first kappa shape index (κ1) is 17.2. The molecule has 2 aromatic rings. The van der Waals surface area contributed by atoms with Crippen LogP contribution in [-0.4, -0.2) is 29.1 Å². The van der Waals surface area contributed by atoms with Crippen LogP contribution < -0.4 is 0 Å². The highest BCUT2D eigenvalue weighted by Gasteiger charge is 2.15. The number of aliphatic hydroxyl groups excluding tert-OH is 1. The van der Waals surface area contributed by atoms with Crippen molar-refractivity contribution in [2.24, 2.45) is 0 Å². The minimum absolute atomic E-state index is 0.0444. The van der Waals surface area contributed by atoms with E-state index >= 15 is 0 Å². The van der Waals surface area contributed by atoms with Crippen molar-refractivity contribution < 1.29 is 14.3 Å². The van der Waals surface area contributed by atoms with Gasteiger partial charge in [0.05, 0.1) is 13.0 Å². The summed E-state index contributed by atoms with van der Waals surface area (Å²) in [5, 5.41) is 9.22. The number of nitrogens with zero attached hydrogens (tertiary/aromatic N) is 1. The van der Waals surface area contributed by atoms with E-state index < -0.39 is 0 Å². The molecule has 0 radical (unpaired) electrons. The van der Waals surface area contributed by atoms with Crippen LogP contribution in [0.5, 0.6) is 0 Å². The van der Waals surface area contributed by atoms with Gasteiger partial charge in [-0.3, -0.25) is 4.79 Å². The fourth-order valence-electron chi connectivity index (χ4n) is 2.49. The van der Waals surface area contributed by atoms with Crippen molar-refractivity contribution in [1.82, 2.24) is 4.90 Å². The molecule has 0 spiro atoms. The lowest BCUT2D eigenvalue weighted by molar-refractivity contribution is -0.131. The number of halogens is 1. The van der Waals surface area contributed by atoms with Gasteiger partial charge in [-0.15, -0.1) is 0 Å². The van der Waals surface area contributed by atoms with Gasteiger partial charge in [0.2, 0.25) is 5.91 Å². The largest absolute Gasteiger partial charge is 0.395 e. The Bertz CT molecular complexity index is 668. The molecular weight excluding hydrogens is 293 g/mol. The standard InChI is InChI=1S/C19H22FNO2/c1-14-3-4-15(2)17(11-14)12-19(23)21(9-10-22)13-16-5-7-18(20)8-6-16/h3-8,11,22H,9-10,12-13H2,1-2H3. The van der Waals surface area contributed by atoms with Gasteiger partial charge >= 0.3 is 0 Å². The zero-order valence-electron chi connectivity index (χ0n) is 13.6. The number of carbonyl (C=O) groups excluding carboxylic acids is 1. The molecule has 2 aromatic carbocycles. The van der Waals surface area contributed by atoms with E-state index in [-0.39, 0.29) is 24.9 Å². The molecule has 0 heterocycles. The van der Waals surface area contributed by atoms with Crippen molar-refractivity contribution in [3.8, 4) is 0 Å². The number of rotatable bonds is 6. The van der Waals surface area contributed by atoms with E-state index in [1.165, 1.54) is 12.1 Å². The highest BCUT2D eigenvalue weighted by Crippen LogP contribution is 2.14. The summed E-state index contributed by atoms with van der Waals surface area (Å²) < 4.78 is 13.0. The third kappa shape index (κ3) is 4.89. The average Bonchev–Trinajstić information content (AvgIpc) is 2.52. The molecule has 0 aliphatic rings. The van der Waals surface area contributed by atoms with Crippen molar-refractivity contribution in [2.45, 2.75) is 26.8 Å². The first-order chi connectivity index (χ1) is 11.0. The second-order valence-electron chi connectivity index (χ2n) is 5.77. The maximum absolute atomic E-state index is 13.0. The van der Waals surface area contributed by atoms with Crippen molar-refractivity contribution >= 4 is 5.91 Å². The first-order valence-corrected chi connectivity index (χ1v) is 7.69. The number of aliphatic hydroxyl groups is 1. The third-order valence-electron chi connectivity index (χ3n) is 3.86. The minimum atomic E-state index is -0.302. The van der Waals surface area contributed by atoms with Crippen molar-refractivity contribution in [3.05, 3.63) is 70.5 Å². The summed E-state index contributed by atoms with van der Waals surface area (Å²) >= 11 is 0. The quantitative estimate of drug-likeness (QED) is 0.890. The number of hydrogen-bond donors (Lipinski definition) is 1. The molecule has 3 nitrogen and oxygen atoms in total. The molecule has 4 heteroatoms. The fraction of sp³-hybridized carbons (Fsp3) is 0.316. The second-order valence-corrected chi connectivity index (χ2v) is 5.77. The van der Waals surface area contributed by atoms with Crippen LogP contribution in [0.1, 0.15) is 22.3 Å². The van der Waals surface area contributed by atoms with Crippen LogP contribution in [0.2, 0.25) is 0 Å². The Morgan fingerprint density at radius 2 is 1.83 bits per heavy atom. The number of aryl methyl sites for hydroxylation is 2. The van der Waals surface area contributed by atoms with E-state index in [0.717, 1.165) is 22.3 Å². The van der Waals surface area contributed by atoms with Crippen LogP contribution in [0, 0.1) is 19.7 Å². The lowest BCUT2D eigenvalue weighted by Gasteiger charge is -2.22. The van der Waals surface area contributed by atoms with Crippen molar-refractivity contribution in [1.29, 1.82) is 0 Å². The van der Waals surface area contributed by atoms with Crippen molar-refractivity contribution in [3.63, 3.8) is 0 Å². The van der Waals surface area contributed by atoms with Crippen LogP contribution in [-0.2, 0) is 17.8 Å². The van der Waals surface area contributed by atoms with Gasteiger partial charge in [0.15, 0.2) is 0 Å². The van der Waals surface area contributed by atoms with Gasteiger partial charge in [-0.05, 0) is 42.7 Å². The summed E-state index contributed by atoms with van der Waals surface area (Å²) in [7, 11) is 0. The molecule has 0 saturated heterocycles. The number of amides is 1. The summed E-state index contributed by atoms with van der Waals surface area (Å²) in [6.07, 6.45) is 0.300. The molecular formula is C19H22FNO2.